The second-order valence-electron chi connectivity index (χ2n) is 8.30. The molecule has 5 nitrogen and oxygen atoms in total. The Morgan fingerprint density at radius 1 is 1.21 bits per heavy atom. The zero-order valence-corrected chi connectivity index (χ0v) is 16.6. The van der Waals surface area contributed by atoms with E-state index in [1.807, 2.05) is 12.1 Å². The smallest absolute Gasteiger partial charge is 0.260 e. The number of alkyl halides is 2. The van der Waals surface area contributed by atoms with E-state index in [4.69, 9.17) is 16.3 Å². The number of benzene rings is 1. The number of ether oxygens (including phenoxy) is 1. The van der Waals surface area contributed by atoms with Crippen LogP contribution in [0.25, 0.3) is 10.8 Å². The molecule has 1 aromatic carbocycles. The molecule has 8 heteroatoms. The summed E-state index contributed by atoms with van der Waals surface area (Å²) in [7, 11) is 0. The first kappa shape index (κ1) is 19.2. The van der Waals surface area contributed by atoms with Crippen molar-refractivity contribution in [3.63, 3.8) is 0 Å². The van der Waals surface area contributed by atoms with Crippen molar-refractivity contribution in [1.82, 2.24) is 9.88 Å². The molecule has 0 spiro atoms. The minimum absolute atomic E-state index is 0.290. The predicted octanol–water partition coefficient (Wildman–Crippen LogP) is 4.06. The highest BCUT2D eigenvalue weighted by atomic mass is 35.5. The molecule has 154 valence electrons. The van der Waals surface area contributed by atoms with Crippen LogP contribution in [0, 0.1) is 5.92 Å². The molecule has 3 aliphatic rings. The molecule has 29 heavy (non-hydrogen) atoms. The van der Waals surface area contributed by atoms with Gasteiger partial charge >= 0.3 is 0 Å². The van der Waals surface area contributed by atoms with E-state index in [1.165, 1.54) is 0 Å². The summed E-state index contributed by atoms with van der Waals surface area (Å²) in [5.74, 6) is -4.14. The number of likely N-dealkylation sites (tertiary alicyclic amines) is 1. The lowest BCUT2D eigenvalue weighted by Crippen LogP contribution is -2.51. The third-order valence-corrected chi connectivity index (χ3v) is 6.66. The molecular formula is C21H22ClF2N3O2. The maximum Gasteiger partial charge on any atom is 0.260 e. The van der Waals surface area contributed by atoms with Crippen LogP contribution >= 0.6 is 11.6 Å². The van der Waals surface area contributed by atoms with Gasteiger partial charge in [-0.25, -0.2) is 13.8 Å². The third-order valence-electron chi connectivity index (χ3n) is 6.34. The first-order chi connectivity index (χ1) is 13.9. The minimum atomic E-state index is -2.89. The van der Waals surface area contributed by atoms with Crippen LogP contribution in [0.3, 0.4) is 0 Å². The third kappa shape index (κ3) is 3.71. The fourth-order valence-electron chi connectivity index (χ4n) is 4.29. The Labute approximate surface area is 172 Å². The average Bonchev–Trinajstić information content (AvgIpc) is 3.29. The summed E-state index contributed by atoms with van der Waals surface area (Å²) in [6.45, 7) is 3.71. The van der Waals surface area contributed by atoms with Crippen molar-refractivity contribution in [2.75, 3.05) is 31.6 Å². The van der Waals surface area contributed by atoms with Gasteiger partial charge in [-0.1, -0.05) is 11.6 Å². The van der Waals surface area contributed by atoms with Gasteiger partial charge in [-0.3, -0.25) is 9.69 Å². The molecule has 1 aromatic heterocycles. The van der Waals surface area contributed by atoms with Crippen LogP contribution < -0.4 is 5.32 Å². The molecular weight excluding hydrogens is 400 g/mol. The minimum Gasteiger partial charge on any atom is -0.378 e. The lowest BCUT2D eigenvalue weighted by molar-refractivity contribution is -0.119. The first-order valence-electron chi connectivity index (χ1n) is 10.0. The van der Waals surface area contributed by atoms with Gasteiger partial charge in [-0.05, 0) is 61.0 Å². The van der Waals surface area contributed by atoms with Crippen molar-refractivity contribution in [2.24, 2.45) is 5.92 Å². The summed E-state index contributed by atoms with van der Waals surface area (Å²) < 4.78 is 31.5. The molecule has 3 fully saturated rings. The zero-order valence-electron chi connectivity index (χ0n) is 15.8. The number of hydrogen-bond acceptors (Lipinski definition) is 4. The molecule has 5 rings (SSSR count). The van der Waals surface area contributed by atoms with Crippen molar-refractivity contribution in [2.45, 2.75) is 37.1 Å². The lowest BCUT2D eigenvalue weighted by Gasteiger charge is -2.41. The fourth-order valence-corrected chi connectivity index (χ4v) is 4.61. The average molecular weight is 422 g/mol. The van der Waals surface area contributed by atoms with Crippen molar-refractivity contribution >= 4 is 34.1 Å². The van der Waals surface area contributed by atoms with Gasteiger partial charge in [-0.2, -0.15) is 0 Å². The molecule has 1 unspecified atom stereocenters. The number of rotatable bonds is 4. The van der Waals surface area contributed by atoms with Gasteiger partial charge in [0, 0.05) is 23.0 Å². The highest BCUT2D eigenvalue weighted by Gasteiger charge is 2.61. The van der Waals surface area contributed by atoms with Gasteiger partial charge in [0.25, 0.3) is 5.92 Å². The fraction of sp³-hybridized carbons (Fsp3) is 0.524. The number of nitrogens with zero attached hydrogens (tertiary/aromatic N) is 2. The van der Waals surface area contributed by atoms with E-state index in [0.29, 0.717) is 17.8 Å². The number of carbonyl (C=O) groups is 1. The number of halogens is 3. The molecule has 1 amide bonds. The van der Waals surface area contributed by atoms with E-state index in [1.54, 1.807) is 12.3 Å². The number of anilines is 1. The Morgan fingerprint density at radius 3 is 2.55 bits per heavy atom. The molecule has 2 aliphatic heterocycles. The van der Waals surface area contributed by atoms with Gasteiger partial charge < -0.3 is 10.1 Å². The van der Waals surface area contributed by atoms with Crippen LogP contribution in [0.4, 0.5) is 14.6 Å². The van der Waals surface area contributed by atoms with Gasteiger partial charge in [0.2, 0.25) is 5.91 Å². The predicted molar refractivity (Wildman–Crippen MR) is 107 cm³/mol. The van der Waals surface area contributed by atoms with Gasteiger partial charge in [0.05, 0.1) is 19.3 Å². The normalized spacial score (nSPS) is 25.0. The Hall–Kier alpha value is -1.83. The zero-order chi connectivity index (χ0) is 20.2. The molecule has 3 heterocycles. The maximum atomic E-state index is 13.1. The topological polar surface area (TPSA) is 54.5 Å². The Morgan fingerprint density at radius 2 is 1.93 bits per heavy atom. The van der Waals surface area contributed by atoms with E-state index in [-0.39, 0.29) is 0 Å². The maximum absolute atomic E-state index is 13.1. The van der Waals surface area contributed by atoms with E-state index in [0.717, 1.165) is 60.5 Å². The SMILES string of the molecule is O=C(Nc1cc2cc(C3CCN(C4COC4)CC3)c(Cl)cc2cn1)C1CC1(F)F. The van der Waals surface area contributed by atoms with Gasteiger partial charge in [-0.15, -0.1) is 0 Å². The standard InChI is InChI=1S/C21H22ClF2N3O2/c22-18-6-14-9-25-19(26-20(28)17-8-21(17,23)24)7-13(14)5-16(18)12-1-3-27(4-2-12)15-10-29-11-15/h5-7,9,12,15,17H,1-4,8,10-11H2,(H,25,26,28). The summed E-state index contributed by atoms with van der Waals surface area (Å²) in [4.78, 5) is 18.6. The van der Waals surface area contributed by atoms with E-state index < -0.39 is 24.2 Å². The van der Waals surface area contributed by atoms with Crippen LogP contribution in [0.15, 0.2) is 24.4 Å². The Balaban J connectivity index is 1.33. The number of aromatic nitrogens is 1. The van der Waals surface area contributed by atoms with Gasteiger partial charge in [0.1, 0.15) is 11.7 Å². The monoisotopic (exact) mass is 421 g/mol. The van der Waals surface area contributed by atoms with E-state index in [9.17, 15) is 13.6 Å². The second-order valence-corrected chi connectivity index (χ2v) is 8.71. The lowest BCUT2D eigenvalue weighted by atomic mass is 9.87. The van der Waals surface area contributed by atoms with Crippen LogP contribution in [0.1, 0.15) is 30.7 Å². The van der Waals surface area contributed by atoms with Crippen LogP contribution in [0.5, 0.6) is 0 Å². The summed E-state index contributed by atoms with van der Waals surface area (Å²) in [5.41, 5.74) is 1.10. The molecule has 1 N–H and O–H groups in total. The van der Waals surface area contributed by atoms with Crippen LogP contribution in [0.2, 0.25) is 5.02 Å². The van der Waals surface area contributed by atoms with Gasteiger partial charge in [0.15, 0.2) is 0 Å². The number of carbonyl (C=O) groups excluding carboxylic acids is 1. The van der Waals surface area contributed by atoms with Crippen molar-refractivity contribution in [3.05, 3.63) is 35.0 Å². The summed E-state index contributed by atoms with van der Waals surface area (Å²) in [6, 6.07) is 6.23. The molecule has 0 bridgehead atoms. The molecule has 2 aromatic rings. The second kappa shape index (κ2) is 7.15. The molecule has 1 saturated carbocycles. The van der Waals surface area contributed by atoms with Crippen molar-refractivity contribution in [1.29, 1.82) is 0 Å². The summed E-state index contributed by atoms with van der Waals surface area (Å²) in [5, 5.41) is 4.99. The molecule has 1 atom stereocenters. The highest BCUT2D eigenvalue weighted by molar-refractivity contribution is 6.32. The Kier molecular flexibility index (Phi) is 4.72. The summed E-state index contributed by atoms with van der Waals surface area (Å²) >= 11 is 6.56. The quantitative estimate of drug-likeness (QED) is 0.808. The first-order valence-corrected chi connectivity index (χ1v) is 10.4. The molecule has 2 saturated heterocycles. The van der Waals surface area contributed by atoms with E-state index >= 15 is 0 Å². The van der Waals surface area contributed by atoms with Crippen LogP contribution in [-0.4, -0.2) is 54.1 Å². The highest BCUT2D eigenvalue weighted by Crippen LogP contribution is 2.49. The number of amides is 1. The molecule has 0 radical (unpaired) electrons. The number of hydrogen-bond donors (Lipinski definition) is 1. The van der Waals surface area contributed by atoms with Crippen LogP contribution in [-0.2, 0) is 9.53 Å². The number of fused-ring (bicyclic) bond motifs is 1. The Bertz CT molecular complexity index is 958. The summed E-state index contributed by atoms with van der Waals surface area (Å²) in [6.07, 6.45) is 3.29. The number of pyridine rings is 1. The largest absolute Gasteiger partial charge is 0.378 e. The number of nitrogens with one attached hydrogen (secondary N) is 1. The van der Waals surface area contributed by atoms with Crippen molar-refractivity contribution < 1.29 is 18.3 Å². The van der Waals surface area contributed by atoms with Crippen molar-refractivity contribution in [3.8, 4) is 0 Å². The molecule has 1 aliphatic carbocycles. The number of piperidine rings is 1. The van der Waals surface area contributed by atoms with E-state index in [2.05, 4.69) is 15.2 Å².